The smallest absolute Gasteiger partial charge is 0.125 e. The summed E-state index contributed by atoms with van der Waals surface area (Å²) in [6, 6.07) is 4.96. The van der Waals surface area contributed by atoms with Gasteiger partial charge in [-0.3, -0.25) is 0 Å². The molecule has 0 atom stereocenters. The molecule has 0 spiro atoms. The zero-order valence-corrected chi connectivity index (χ0v) is 9.71. The maximum Gasteiger partial charge on any atom is 0.125 e. The minimum Gasteiger partial charge on any atom is -0.381 e. The number of hydrogen-bond donors (Lipinski definition) is 1. The fourth-order valence-electron chi connectivity index (χ4n) is 2.59. The van der Waals surface area contributed by atoms with E-state index in [2.05, 4.69) is 4.98 Å². The number of hydrogen-bond acceptors (Lipinski definition) is 1. The molecule has 2 aromatic rings. The van der Waals surface area contributed by atoms with Crippen molar-refractivity contribution in [3.05, 3.63) is 35.8 Å². The van der Waals surface area contributed by atoms with Crippen molar-refractivity contribution in [2.45, 2.75) is 19.3 Å². The van der Waals surface area contributed by atoms with Crippen molar-refractivity contribution in [3.63, 3.8) is 0 Å². The van der Waals surface area contributed by atoms with Gasteiger partial charge < -0.3 is 9.72 Å². The van der Waals surface area contributed by atoms with Crippen molar-refractivity contribution in [3.8, 4) is 0 Å². The van der Waals surface area contributed by atoms with Crippen LogP contribution in [-0.2, 0) is 11.2 Å². The molecule has 0 saturated carbocycles. The van der Waals surface area contributed by atoms with Crippen molar-refractivity contribution in [2.75, 3.05) is 13.2 Å². The summed E-state index contributed by atoms with van der Waals surface area (Å²) in [5.74, 6) is 0.518. The van der Waals surface area contributed by atoms with Crippen LogP contribution in [0.3, 0.4) is 0 Å². The Hall–Kier alpha value is -1.35. The number of nitrogens with one attached hydrogen (secondary N) is 1. The molecular weight excluding hydrogens is 217 g/mol. The lowest BCUT2D eigenvalue weighted by atomic mass is 9.92. The number of aromatic nitrogens is 1. The van der Waals surface area contributed by atoms with E-state index in [-0.39, 0.29) is 5.82 Å². The molecule has 1 fully saturated rings. The highest BCUT2D eigenvalue weighted by Gasteiger charge is 2.16. The van der Waals surface area contributed by atoms with Gasteiger partial charge in [0.1, 0.15) is 5.82 Å². The zero-order chi connectivity index (χ0) is 11.7. The second-order valence-electron chi connectivity index (χ2n) is 4.76. The SMILES string of the molecule is Fc1ccc2c(CC3CCOCC3)c[nH]c2c1. The van der Waals surface area contributed by atoms with Crippen molar-refractivity contribution in [1.29, 1.82) is 0 Å². The quantitative estimate of drug-likeness (QED) is 0.846. The summed E-state index contributed by atoms with van der Waals surface area (Å²) >= 11 is 0. The first kappa shape index (κ1) is 10.8. The molecule has 1 aromatic heterocycles. The van der Waals surface area contributed by atoms with Gasteiger partial charge in [0.15, 0.2) is 0 Å². The Labute approximate surface area is 99.8 Å². The van der Waals surface area contributed by atoms with E-state index in [1.807, 2.05) is 12.3 Å². The van der Waals surface area contributed by atoms with E-state index in [1.54, 1.807) is 6.07 Å². The van der Waals surface area contributed by atoms with Crippen molar-refractivity contribution >= 4 is 10.9 Å². The minimum atomic E-state index is -0.183. The van der Waals surface area contributed by atoms with Gasteiger partial charge in [-0.05, 0) is 48.9 Å². The van der Waals surface area contributed by atoms with Crippen LogP contribution in [0.5, 0.6) is 0 Å². The fourth-order valence-corrected chi connectivity index (χ4v) is 2.59. The van der Waals surface area contributed by atoms with Gasteiger partial charge in [-0.15, -0.1) is 0 Å². The number of benzene rings is 1. The van der Waals surface area contributed by atoms with Gasteiger partial charge in [0.05, 0.1) is 0 Å². The van der Waals surface area contributed by atoms with E-state index >= 15 is 0 Å². The number of rotatable bonds is 2. The Morgan fingerprint density at radius 1 is 1.29 bits per heavy atom. The molecular formula is C14H16FNO. The van der Waals surface area contributed by atoms with Crippen molar-refractivity contribution in [2.24, 2.45) is 5.92 Å². The van der Waals surface area contributed by atoms with Crippen LogP contribution in [0, 0.1) is 11.7 Å². The third-order valence-electron chi connectivity index (χ3n) is 3.58. The number of halogens is 1. The first-order valence-corrected chi connectivity index (χ1v) is 6.16. The predicted molar refractivity (Wildman–Crippen MR) is 65.5 cm³/mol. The number of H-pyrrole nitrogens is 1. The van der Waals surface area contributed by atoms with E-state index in [9.17, 15) is 4.39 Å². The zero-order valence-electron chi connectivity index (χ0n) is 9.71. The molecule has 0 aliphatic carbocycles. The Balaban J connectivity index is 1.84. The van der Waals surface area contributed by atoms with Gasteiger partial charge in [0.2, 0.25) is 0 Å². The molecule has 0 amide bonds. The molecule has 0 bridgehead atoms. The van der Waals surface area contributed by atoms with Gasteiger partial charge >= 0.3 is 0 Å². The highest BCUT2D eigenvalue weighted by molar-refractivity contribution is 5.83. The molecule has 0 unspecified atom stereocenters. The van der Waals surface area contributed by atoms with Crippen LogP contribution < -0.4 is 0 Å². The molecule has 2 heterocycles. The molecule has 1 aromatic carbocycles. The molecule has 2 nitrogen and oxygen atoms in total. The summed E-state index contributed by atoms with van der Waals surface area (Å²) in [5, 5.41) is 1.15. The monoisotopic (exact) mass is 233 g/mol. The molecule has 1 saturated heterocycles. The van der Waals surface area contributed by atoms with Gasteiger partial charge in [-0.25, -0.2) is 4.39 Å². The summed E-state index contributed by atoms with van der Waals surface area (Å²) in [4.78, 5) is 3.15. The third kappa shape index (κ3) is 2.20. The van der Waals surface area contributed by atoms with Gasteiger partial charge in [-0.2, -0.15) is 0 Å². The maximum atomic E-state index is 13.1. The largest absolute Gasteiger partial charge is 0.381 e. The lowest BCUT2D eigenvalue weighted by Gasteiger charge is -2.21. The molecule has 3 rings (SSSR count). The summed E-state index contributed by atoms with van der Waals surface area (Å²) in [6.07, 6.45) is 5.34. The van der Waals surface area contributed by atoms with Gasteiger partial charge in [0.25, 0.3) is 0 Å². The summed E-state index contributed by atoms with van der Waals surface area (Å²) < 4.78 is 18.4. The molecule has 1 aliphatic rings. The van der Waals surface area contributed by atoms with E-state index < -0.39 is 0 Å². The molecule has 1 N–H and O–H groups in total. The van der Waals surface area contributed by atoms with Crippen molar-refractivity contribution in [1.82, 2.24) is 4.98 Å². The summed E-state index contributed by atoms with van der Waals surface area (Å²) in [7, 11) is 0. The van der Waals surface area contributed by atoms with Crippen LogP contribution in [0.4, 0.5) is 4.39 Å². The molecule has 1 aliphatic heterocycles. The highest BCUT2D eigenvalue weighted by atomic mass is 19.1. The van der Waals surface area contributed by atoms with Crippen molar-refractivity contribution < 1.29 is 9.13 Å². The molecule has 17 heavy (non-hydrogen) atoms. The Bertz CT molecular complexity index is 514. The predicted octanol–water partition coefficient (Wildman–Crippen LogP) is 3.28. The van der Waals surface area contributed by atoms with Crippen LogP contribution in [0.1, 0.15) is 18.4 Å². The average molecular weight is 233 g/mol. The van der Waals surface area contributed by atoms with Gasteiger partial charge in [-0.1, -0.05) is 0 Å². The number of ether oxygens (including phenoxy) is 1. The second kappa shape index (κ2) is 4.49. The lowest BCUT2D eigenvalue weighted by Crippen LogP contribution is -2.17. The van der Waals surface area contributed by atoms with Crippen LogP contribution in [0.15, 0.2) is 24.4 Å². The fraction of sp³-hybridized carbons (Fsp3) is 0.429. The topological polar surface area (TPSA) is 25.0 Å². The lowest BCUT2D eigenvalue weighted by molar-refractivity contribution is 0.0666. The third-order valence-corrected chi connectivity index (χ3v) is 3.58. The maximum absolute atomic E-state index is 13.1. The highest BCUT2D eigenvalue weighted by Crippen LogP contribution is 2.25. The average Bonchev–Trinajstić information content (AvgIpc) is 2.73. The number of aromatic amines is 1. The normalized spacial score (nSPS) is 17.7. The van der Waals surface area contributed by atoms with E-state index in [0.717, 1.165) is 43.4 Å². The standard InChI is InChI=1S/C14H16FNO/c15-12-1-2-13-11(9-16-14(13)8-12)7-10-3-5-17-6-4-10/h1-2,8-10,16H,3-7H2. The Morgan fingerprint density at radius 3 is 2.94 bits per heavy atom. The Morgan fingerprint density at radius 2 is 2.12 bits per heavy atom. The first-order valence-electron chi connectivity index (χ1n) is 6.16. The second-order valence-corrected chi connectivity index (χ2v) is 4.76. The Kier molecular flexibility index (Phi) is 2.85. The summed E-state index contributed by atoms with van der Waals surface area (Å²) in [5.41, 5.74) is 2.19. The van der Waals surface area contributed by atoms with E-state index in [0.29, 0.717) is 5.92 Å². The first-order chi connectivity index (χ1) is 8.33. The van der Waals surface area contributed by atoms with Crippen LogP contribution >= 0.6 is 0 Å². The molecule has 0 radical (unpaired) electrons. The summed E-state index contributed by atoms with van der Waals surface area (Å²) in [6.45, 7) is 1.75. The number of fused-ring (bicyclic) bond motifs is 1. The molecule has 3 heteroatoms. The minimum absolute atomic E-state index is 0.183. The van der Waals surface area contributed by atoms with E-state index in [4.69, 9.17) is 4.74 Å². The molecule has 90 valence electrons. The van der Waals surface area contributed by atoms with Gasteiger partial charge in [0, 0.05) is 30.3 Å². The van der Waals surface area contributed by atoms with E-state index in [1.165, 1.54) is 11.6 Å². The van der Waals surface area contributed by atoms with Crippen LogP contribution in [-0.4, -0.2) is 18.2 Å². The van der Waals surface area contributed by atoms with Crippen LogP contribution in [0.2, 0.25) is 0 Å². The van der Waals surface area contributed by atoms with Crippen LogP contribution in [0.25, 0.3) is 10.9 Å².